The van der Waals surface area contributed by atoms with E-state index in [0.717, 1.165) is 17.1 Å². The number of aromatic nitrogens is 2. The molecule has 0 saturated heterocycles. The SMILES string of the molecule is Cc1cc(COc2cc(N(C)C)ccc2N)n(C)n1. The summed E-state index contributed by atoms with van der Waals surface area (Å²) in [6.45, 7) is 2.42. The van der Waals surface area contributed by atoms with Crippen molar-refractivity contribution < 1.29 is 4.74 Å². The van der Waals surface area contributed by atoms with E-state index < -0.39 is 0 Å². The number of hydrogen-bond acceptors (Lipinski definition) is 4. The molecular weight excluding hydrogens is 240 g/mol. The Kier molecular flexibility index (Phi) is 3.64. The third-order valence-corrected chi connectivity index (χ3v) is 2.99. The van der Waals surface area contributed by atoms with Crippen LogP contribution in [0.3, 0.4) is 0 Å². The number of anilines is 2. The average Bonchev–Trinajstić information content (AvgIpc) is 2.66. The molecule has 1 aromatic carbocycles. The van der Waals surface area contributed by atoms with Gasteiger partial charge in [0.05, 0.1) is 17.1 Å². The summed E-state index contributed by atoms with van der Waals surface area (Å²) in [5.74, 6) is 0.699. The van der Waals surface area contributed by atoms with Crippen molar-refractivity contribution in [3.8, 4) is 5.75 Å². The van der Waals surface area contributed by atoms with Crippen LogP contribution >= 0.6 is 0 Å². The van der Waals surface area contributed by atoms with E-state index in [1.165, 1.54) is 0 Å². The van der Waals surface area contributed by atoms with Gasteiger partial charge in [0.25, 0.3) is 0 Å². The number of nitrogens with two attached hydrogens (primary N) is 1. The smallest absolute Gasteiger partial charge is 0.144 e. The first kappa shape index (κ1) is 13.3. The van der Waals surface area contributed by atoms with Crippen LogP contribution in [0.5, 0.6) is 5.75 Å². The molecule has 2 N–H and O–H groups in total. The summed E-state index contributed by atoms with van der Waals surface area (Å²) in [4.78, 5) is 2.01. The number of rotatable bonds is 4. The number of hydrogen-bond donors (Lipinski definition) is 1. The van der Waals surface area contributed by atoms with Crippen LogP contribution in [0, 0.1) is 6.92 Å². The van der Waals surface area contributed by atoms with Crippen LogP contribution in [0.15, 0.2) is 24.3 Å². The maximum atomic E-state index is 5.93. The topological polar surface area (TPSA) is 56.3 Å². The molecule has 5 heteroatoms. The zero-order chi connectivity index (χ0) is 14.0. The van der Waals surface area contributed by atoms with Crippen molar-refractivity contribution in [1.82, 2.24) is 9.78 Å². The number of nitrogen functional groups attached to an aromatic ring is 1. The lowest BCUT2D eigenvalue weighted by molar-refractivity contribution is 0.296. The van der Waals surface area contributed by atoms with E-state index in [2.05, 4.69) is 5.10 Å². The quantitative estimate of drug-likeness (QED) is 0.854. The van der Waals surface area contributed by atoms with Crippen LogP contribution in [-0.4, -0.2) is 23.9 Å². The molecule has 0 fully saturated rings. The average molecular weight is 260 g/mol. The lowest BCUT2D eigenvalue weighted by Gasteiger charge is -2.15. The molecule has 2 aromatic rings. The normalized spacial score (nSPS) is 10.5. The Morgan fingerprint density at radius 2 is 2.05 bits per heavy atom. The summed E-state index contributed by atoms with van der Waals surface area (Å²) in [6, 6.07) is 7.78. The molecule has 0 amide bonds. The van der Waals surface area contributed by atoms with Gasteiger partial charge < -0.3 is 15.4 Å². The second-order valence-corrected chi connectivity index (χ2v) is 4.81. The molecule has 2 rings (SSSR count). The second kappa shape index (κ2) is 5.22. The molecule has 0 radical (unpaired) electrons. The first-order valence-electron chi connectivity index (χ1n) is 6.16. The van der Waals surface area contributed by atoms with E-state index in [4.69, 9.17) is 10.5 Å². The van der Waals surface area contributed by atoms with Crippen LogP contribution in [0.2, 0.25) is 0 Å². The highest BCUT2D eigenvalue weighted by Gasteiger charge is 2.07. The van der Waals surface area contributed by atoms with E-state index in [-0.39, 0.29) is 0 Å². The van der Waals surface area contributed by atoms with Gasteiger partial charge in [-0.3, -0.25) is 4.68 Å². The van der Waals surface area contributed by atoms with Gasteiger partial charge in [-0.1, -0.05) is 0 Å². The summed E-state index contributed by atoms with van der Waals surface area (Å²) in [7, 11) is 5.88. The zero-order valence-electron chi connectivity index (χ0n) is 11.8. The lowest BCUT2D eigenvalue weighted by atomic mass is 10.2. The minimum absolute atomic E-state index is 0.457. The van der Waals surface area contributed by atoms with Crippen molar-refractivity contribution in [1.29, 1.82) is 0 Å². The van der Waals surface area contributed by atoms with Crippen molar-refractivity contribution >= 4 is 11.4 Å². The van der Waals surface area contributed by atoms with Crippen molar-refractivity contribution in [2.45, 2.75) is 13.5 Å². The third-order valence-electron chi connectivity index (χ3n) is 2.99. The molecule has 0 aliphatic carbocycles. The molecule has 102 valence electrons. The van der Waals surface area contributed by atoms with Gasteiger partial charge >= 0.3 is 0 Å². The first-order chi connectivity index (χ1) is 8.97. The predicted octanol–water partition coefficient (Wildman–Crippen LogP) is 1.96. The molecule has 1 heterocycles. The Morgan fingerprint density at radius 3 is 2.63 bits per heavy atom. The van der Waals surface area contributed by atoms with Gasteiger partial charge in [-0.2, -0.15) is 5.10 Å². The van der Waals surface area contributed by atoms with Crippen molar-refractivity contribution in [2.24, 2.45) is 7.05 Å². The monoisotopic (exact) mass is 260 g/mol. The van der Waals surface area contributed by atoms with Gasteiger partial charge in [0.1, 0.15) is 12.4 Å². The molecule has 0 unspecified atom stereocenters. The van der Waals surface area contributed by atoms with E-state index in [1.54, 1.807) is 0 Å². The lowest BCUT2D eigenvalue weighted by Crippen LogP contribution is -2.09. The molecule has 0 spiro atoms. The second-order valence-electron chi connectivity index (χ2n) is 4.81. The summed E-state index contributed by atoms with van der Waals surface area (Å²) in [5, 5.41) is 4.29. The largest absolute Gasteiger partial charge is 0.485 e. The maximum absolute atomic E-state index is 5.93. The fourth-order valence-electron chi connectivity index (χ4n) is 1.88. The Bertz CT molecular complexity index is 575. The summed E-state index contributed by atoms with van der Waals surface area (Å²) in [5.41, 5.74) is 9.64. The predicted molar refractivity (Wildman–Crippen MR) is 77.5 cm³/mol. The summed E-state index contributed by atoms with van der Waals surface area (Å²) in [6.07, 6.45) is 0. The molecule has 19 heavy (non-hydrogen) atoms. The number of ether oxygens (including phenoxy) is 1. The van der Waals surface area contributed by atoms with Crippen LogP contribution in [-0.2, 0) is 13.7 Å². The van der Waals surface area contributed by atoms with Crippen LogP contribution in [0.1, 0.15) is 11.4 Å². The molecule has 1 aromatic heterocycles. The highest BCUT2D eigenvalue weighted by molar-refractivity contribution is 5.61. The molecular formula is C14H20N4O. The van der Waals surface area contributed by atoms with Crippen LogP contribution in [0.25, 0.3) is 0 Å². The van der Waals surface area contributed by atoms with Gasteiger partial charge in [0, 0.05) is 32.9 Å². The van der Waals surface area contributed by atoms with Crippen molar-refractivity contribution in [2.75, 3.05) is 24.7 Å². The Labute approximate surface area is 113 Å². The first-order valence-corrected chi connectivity index (χ1v) is 6.16. The highest BCUT2D eigenvalue weighted by atomic mass is 16.5. The molecule has 0 bridgehead atoms. The van der Waals surface area contributed by atoms with Gasteiger partial charge in [-0.25, -0.2) is 0 Å². The molecule has 0 aliphatic heterocycles. The molecule has 5 nitrogen and oxygen atoms in total. The Morgan fingerprint density at radius 1 is 1.32 bits per heavy atom. The molecule has 0 saturated carbocycles. The van der Waals surface area contributed by atoms with E-state index >= 15 is 0 Å². The minimum atomic E-state index is 0.457. The van der Waals surface area contributed by atoms with Gasteiger partial charge in [-0.15, -0.1) is 0 Å². The fraction of sp³-hybridized carbons (Fsp3) is 0.357. The van der Waals surface area contributed by atoms with E-state index in [9.17, 15) is 0 Å². The standard InChI is InChI=1S/C14H20N4O/c1-10-7-12(18(4)16-10)9-19-14-8-11(17(2)3)5-6-13(14)15/h5-8H,9,15H2,1-4H3. The van der Waals surface area contributed by atoms with Gasteiger partial charge in [0.2, 0.25) is 0 Å². The fourth-order valence-corrected chi connectivity index (χ4v) is 1.88. The highest BCUT2D eigenvalue weighted by Crippen LogP contribution is 2.27. The van der Waals surface area contributed by atoms with Crippen molar-refractivity contribution in [3.05, 3.63) is 35.7 Å². The Hall–Kier alpha value is -2.17. The Balaban J connectivity index is 2.15. The van der Waals surface area contributed by atoms with E-state index in [1.807, 2.05) is 61.9 Å². The van der Waals surface area contributed by atoms with Gasteiger partial charge in [-0.05, 0) is 25.1 Å². The van der Waals surface area contributed by atoms with Crippen LogP contribution in [0.4, 0.5) is 11.4 Å². The van der Waals surface area contributed by atoms with E-state index in [0.29, 0.717) is 18.0 Å². The maximum Gasteiger partial charge on any atom is 0.144 e. The zero-order valence-corrected chi connectivity index (χ0v) is 11.8. The summed E-state index contributed by atoms with van der Waals surface area (Å²) < 4.78 is 7.62. The number of aryl methyl sites for hydroxylation is 2. The minimum Gasteiger partial charge on any atom is -0.485 e. The van der Waals surface area contributed by atoms with Crippen LogP contribution < -0.4 is 15.4 Å². The van der Waals surface area contributed by atoms with Gasteiger partial charge in [0.15, 0.2) is 0 Å². The number of benzene rings is 1. The molecule has 0 atom stereocenters. The third kappa shape index (κ3) is 2.99. The molecule has 0 aliphatic rings. The number of nitrogens with zero attached hydrogens (tertiary/aromatic N) is 3. The summed E-state index contributed by atoms with van der Waals surface area (Å²) >= 11 is 0. The van der Waals surface area contributed by atoms with Crippen molar-refractivity contribution in [3.63, 3.8) is 0 Å².